The number of aromatic nitrogens is 1. The van der Waals surface area contributed by atoms with Crippen LogP contribution in [-0.2, 0) is 18.3 Å². The van der Waals surface area contributed by atoms with E-state index in [2.05, 4.69) is 0 Å². The van der Waals surface area contributed by atoms with E-state index in [0.29, 0.717) is 37.2 Å². The average Bonchev–Trinajstić information content (AvgIpc) is 2.86. The molecule has 2 aromatic carbocycles. The van der Waals surface area contributed by atoms with Gasteiger partial charge in [-0.2, -0.15) is 11.8 Å². The Labute approximate surface area is 167 Å². The van der Waals surface area contributed by atoms with Gasteiger partial charge in [0.15, 0.2) is 0 Å². The van der Waals surface area contributed by atoms with Gasteiger partial charge in [0.2, 0.25) is 5.91 Å². The molecule has 0 saturated carbocycles. The molecule has 0 bridgehead atoms. The minimum absolute atomic E-state index is 0.0808. The Hall–Kier alpha value is -2.34. The molecule has 1 atom stereocenters. The molecule has 4 rings (SSSR count). The van der Waals surface area contributed by atoms with E-state index < -0.39 is 5.82 Å². The van der Waals surface area contributed by atoms with Crippen LogP contribution in [0.5, 0.6) is 0 Å². The van der Waals surface area contributed by atoms with E-state index in [1.165, 1.54) is 12.1 Å². The molecule has 28 heavy (non-hydrogen) atoms. The second kappa shape index (κ2) is 7.95. The lowest BCUT2D eigenvalue weighted by Gasteiger charge is -2.20. The number of hydrogen-bond acceptors (Lipinski definition) is 2. The topological polar surface area (TPSA) is 25.2 Å². The highest BCUT2D eigenvalue weighted by atomic mass is 32.2. The summed E-state index contributed by atoms with van der Waals surface area (Å²) in [4.78, 5) is 14.8. The zero-order valence-electron chi connectivity index (χ0n) is 15.7. The Morgan fingerprint density at radius 3 is 2.86 bits per heavy atom. The molecule has 3 aromatic rings. The summed E-state index contributed by atoms with van der Waals surface area (Å²) in [7, 11) is 1.98. The summed E-state index contributed by atoms with van der Waals surface area (Å²) in [5.74, 6) is -0.0149. The van der Waals surface area contributed by atoms with Gasteiger partial charge in [-0.1, -0.05) is 18.2 Å². The van der Waals surface area contributed by atoms with Crippen molar-refractivity contribution < 1.29 is 13.6 Å². The molecule has 0 spiro atoms. The number of halogens is 2. The van der Waals surface area contributed by atoms with Crippen LogP contribution >= 0.6 is 11.8 Å². The molecule has 2 heterocycles. The summed E-state index contributed by atoms with van der Waals surface area (Å²) in [6.07, 6.45) is 2.98. The fourth-order valence-corrected chi connectivity index (χ4v) is 5.11. The molecule has 1 aromatic heterocycles. The fourth-order valence-electron chi connectivity index (χ4n) is 3.87. The maximum absolute atomic E-state index is 14.1. The summed E-state index contributed by atoms with van der Waals surface area (Å²) >= 11 is 1.59. The normalized spacial score (nSPS) is 17.7. The number of para-hydroxylation sites is 1. The lowest BCUT2D eigenvalue weighted by molar-refractivity contribution is -0.130. The third-order valence-corrected chi connectivity index (χ3v) is 6.63. The molecule has 1 saturated heterocycles. The molecular formula is C22H22F2N2OS. The molecule has 1 aliphatic rings. The van der Waals surface area contributed by atoms with E-state index in [9.17, 15) is 13.6 Å². The Morgan fingerprint density at radius 1 is 1.18 bits per heavy atom. The van der Waals surface area contributed by atoms with Crippen molar-refractivity contribution in [1.82, 2.24) is 9.47 Å². The van der Waals surface area contributed by atoms with E-state index in [1.54, 1.807) is 11.8 Å². The monoisotopic (exact) mass is 400 g/mol. The number of rotatable bonds is 3. The van der Waals surface area contributed by atoms with Crippen LogP contribution < -0.4 is 0 Å². The van der Waals surface area contributed by atoms with Crippen molar-refractivity contribution in [2.45, 2.75) is 18.1 Å². The van der Waals surface area contributed by atoms with Crippen molar-refractivity contribution in [3.63, 3.8) is 0 Å². The predicted molar refractivity (Wildman–Crippen MR) is 109 cm³/mol. The minimum atomic E-state index is -0.426. The number of carbonyl (C=O) groups is 1. The summed E-state index contributed by atoms with van der Waals surface area (Å²) in [6.45, 7) is 1.18. The van der Waals surface area contributed by atoms with Crippen LogP contribution in [0.2, 0.25) is 0 Å². The van der Waals surface area contributed by atoms with Crippen LogP contribution in [0.4, 0.5) is 8.78 Å². The van der Waals surface area contributed by atoms with Crippen molar-refractivity contribution in [1.29, 1.82) is 0 Å². The second-order valence-corrected chi connectivity index (χ2v) is 8.46. The highest BCUT2D eigenvalue weighted by Gasteiger charge is 2.25. The molecule has 1 amide bonds. The highest BCUT2D eigenvalue weighted by Crippen LogP contribution is 2.36. The van der Waals surface area contributed by atoms with Gasteiger partial charge in [-0.15, -0.1) is 0 Å². The average molecular weight is 400 g/mol. The van der Waals surface area contributed by atoms with E-state index in [4.69, 9.17) is 0 Å². The molecule has 1 aliphatic heterocycles. The van der Waals surface area contributed by atoms with E-state index in [1.807, 2.05) is 47.0 Å². The molecule has 3 nitrogen and oxygen atoms in total. The van der Waals surface area contributed by atoms with Gasteiger partial charge in [0.1, 0.15) is 11.6 Å². The smallest absolute Gasteiger partial charge is 0.227 e. The van der Waals surface area contributed by atoms with Crippen LogP contribution in [0.25, 0.3) is 10.9 Å². The van der Waals surface area contributed by atoms with Gasteiger partial charge in [0, 0.05) is 53.8 Å². The Morgan fingerprint density at radius 2 is 2.00 bits per heavy atom. The van der Waals surface area contributed by atoms with Gasteiger partial charge >= 0.3 is 0 Å². The van der Waals surface area contributed by atoms with Crippen LogP contribution in [0, 0.1) is 11.6 Å². The molecule has 0 N–H and O–H groups in total. The zero-order chi connectivity index (χ0) is 19.7. The summed E-state index contributed by atoms with van der Waals surface area (Å²) in [6, 6.07) is 11.7. The lowest BCUT2D eigenvalue weighted by Crippen LogP contribution is -2.34. The van der Waals surface area contributed by atoms with Gasteiger partial charge in [-0.3, -0.25) is 4.79 Å². The Balaban J connectivity index is 1.46. The first-order valence-electron chi connectivity index (χ1n) is 9.40. The molecule has 0 radical (unpaired) electrons. The van der Waals surface area contributed by atoms with E-state index >= 15 is 0 Å². The first-order valence-corrected chi connectivity index (χ1v) is 10.4. The number of benzene rings is 2. The number of amides is 1. The Kier molecular flexibility index (Phi) is 5.40. The highest BCUT2D eigenvalue weighted by molar-refractivity contribution is 7.99. The first-order chi connectivity index (χ1) is 13.5. The number of nitrogens with zero attached hydrogens (tertiary/aromatic N) is 2. The largest absolute Gasteiger partial charge is 0.350 e. The summed E-state index contributed by atoms with van der Waals surface area (Å²) in [5, 5.41) is 0.966. The van der Waals surface area contributed by atoms with Crippen LogP contribution in [-0.4, -0.2) is 34.2 Å². The van der Waals surface area contributed by atoms with Gasteiger partial charge < -0.3 is 9.47 Å². The number of hydrogen-bond donors (Lipinski definition) is 0. The number of fused-ring (bicyclic) bond motifs is 1. The summed E-state index contributed by atoms with van der Waals surface area (Å²) < 4.78 is 29.7. The molecule has 0 aliphatic carbocycles. The number of aryl methyl sites for hydroxylation is 1. The molecular weight excluding hydrogens is 378 g/mol. The molecule has 1 unspecified atom stereocenters. The second-order valence-electron chi connectivity index (χ2n) is 7.15. The third-order valence-electron chi connectivity index (χ3n) is 5.32. The lowest BCUT2D eigenvalue weighted by atomic mass is 10.1. The maximum Gasteiger partial charge on any atom is 0.227 e. The van der Waals surface area contributed by atoms with Gasteiger partial charge in [-0.05, 0) is 36.2 Å². The van der Waals surface area contributed by atoms with Crippen molar-refractivity contribution in [2.75, 3.05) is 18.8 Å². The zero-order valence-corrected chi connectivity index (χ0v) is 16.5. The van der Waals surface area contributed by atoms with Crippen LogP contribution in [0.3, 0.4) is 0 Å². The Bertz CT molecular complexity index is 1020. The number of carbonyl (C=O) groups excluding carboxylic acids is 1. The molecule has 146 valence electrons. The van der Waals surface area contributed by atoms with Crippen molar-refractivity contribution in [3.05, 3.63) is 71.4 Å². The predicted octanol–water partition coefficient (Wildman–Crippen LogP) is 4.71. The van der Waals surface area contributed by atoms with Gasteiger partial charge in [-0.25, -0.2) is 8.78 Å². The molecule has 1 fully saturated rings. The van der Waals surface area contributed by atoms with Crippen molar-refractivity contribution in [3.8, 4) is 0 Å². The van der Waals surface area contributed by atoms with Crippen LogP contribution in [0.1, 0.15) is 22.8 Å². The maximum atomic E-state index is 14.1. The van der Waals surface area contributed by atoms with E-state index in [-0.39, 0.29) is 17.0 Å². The van der Waals surface area contributed by atoms with Gasteiger partial charge in [0.05, 0.1) is 6.42 Å². The summed E-state index contributed by atoms with van der Waals surface area (Å²) in [5.41, 5.74) is 2.53. The van der Waals surface area contributed by atoms with Crippen molar-refractivity contribution >= 4 is 28.6 Å². The minimum Gasteiger partial charge on any atom is -0.350 e. The SMILES string of the molecule is Cn1cc(CC(=O)N2CCSC(c3cc(F)ccc3F)CC2)c2ccccc21. The first kappa shape index (κ1) is 19.0. The quantitative estimate of drug-likeness (QED) is 0.636. The molecule has 6 heteroatoms. The van der Waals surface area contributed by atoms with E-state index in [0.717, 1.165) is 22.5 Å². The number of thioether (sulfide) groups is 1. The third kappa shape index (κ3) is 3.78. The van der Waals surface area contributed by atoms with Gasteiger partial charge in [0.25, 0.3) is 0 Å². The van der Waals surface area contributed by atoms with Crippen LogP contribution in [0.15, 0.2) is 48.7 Å². The van der Waals surface area contributed by atoms with Crippen molar-refractivity contribution in [2.24, 2.45) is 7.05 Å². The standard InChI is InChI=1S/C22H22F2N2OS/c1-25-14-15(17-4-2-3-5-20(17)25)12-22(27)26-9-8-21(28-11-10-26)18-13-16(23)6-7-19(18)24/h2-7,13-14,21H,8-12H2,1H3. The fraction of sp³-hybridized carbons (Fsp3) is 0.318.